The highest BCUT2D eigenvalue weighted by Crippen LogP contribution is 2.18. The summed E-state index contributed by atoms with van der Waals surface area (Å²) in [5.41, 5.74) is 5.80. The Bertz CT molecular complexity index is 284. The summed E-state index contributed by atoms with van der Waals surface area (Å²) < 4.78 is 10.7. The molecule has 0 aromatic heterocycles. The van der Waals surface area contributed by atoms with Crippen LogP contribution in [0.4, 0.5) is 0 Å². The van der Waals surface area contributed by atoms with Crippen LogP contribution in [0, 0.1) is 5.92 Å². The number of hydrogen-bond acceptors (Lipinski definition) is 4. The highest BCUT2D eigenvalue weighted by molar-refractivity contribution is 5.81. The zero-order chi connectivity index (χ0) is 14.1. The molecule has 1 aliphatic rings. The van der Waals surface area contributed by atoms with Gasteiger partial charge in [-0.25, -0.2) is 0 Å². The largest absolute Gasteiger partial charge is 0.380 e. The van der Waals surface area contributed by atoms with Crippen molar-refractivity contribution < 1.29 is 14.3 Å². The minimum atomic E-state index is -0.0850. The smallest absolute Gasteiger partial charge is 0.229 e. The van der Waals surface area contributed by atoms with Gasteiger partial charge in [-0.15, -0.1) is 0 Å². The number of carbonyl (C=O) groups excluding carboxylic acids is 1. The third-order valence-electron chi connectivity index (χ3n) is 3.16. The van der Waals surface area contributed by atoms with Crippen LogP contribution in [-0.4, -0.2) is 56.4 Å². The maximum Gasteiger partial charge on any atom is 0.229 e. The Morgan fingerprint density at radius 1 is 1.21 bits per heavy atom. The van der Waals surface area contributed by atoms with Gasteiger partial charge in [-0.2, -0.15) is 0 Å². The molecule has 0 saturated carbocycles. The van der Waals surface area contributed by atoms with Gasteiger partial charge in [-0.1, -0.05) is 12.2 Å². The Kier molecular flexibility index (Phi) is 7.70. The summed E-state index contributed by atoms with van der Waals surface area (Å²) in [6.07, 6.45) is 4.53. The molecule has 0 aromatic carbocycles. The second kappa shape index (κ2) is 9.07. The van der Waals surface area contributed by atoms with Gasteiger partial charge in [0.1, 0.15) is 0 Å². The lowest BCUT2D eigenvalue weighted by Gasteiger charge is -2.25. The van der Waals surface area contributed by atoms with Crippen LogP contribution in [0.15, 0.2) is 12.2 Å². The lowest BCUT2D eigenvalue weighted by molar-refractivity contribution is -0.135. The maximum absolute atomic E-state index is 12.4. The van der Waals surface area contributed by atoms with E-state index >= 15 is 0 Å². The zero-order valence-electron chi connectivity index (χ0n) is 12.0. The van der Waals surface area contributed by atoms with Crippen molar-refractivity contribution in [3.8, 4) is 0 Å². The van der Waals surface area contributed by atoms with Gasteiger partial charge in [-0.05, 0) is 20.3 Å². The molecule has 2 unspecified atom stereocenters. The Balaban J connectivity index is 2.45. The molecule has 0 radical (unpaired) electrons. The van der Waals surface area contributed by atoms with E-state index in [4.69, 9.17) is 15.2 Å². The molecule has 0 heterocycles. The summed E-state index contributed by atoms with van der Waals surface area (Å²) in [5.74, 6) is 0.0434. The fourth-order valence-electron chi connectivity index (χ4n) is 2.12. The van der Waals surface area contributed by atoms with Crippen molar-refractivity contribution in [2.75, 3.05) is 39.5 Å². The van der Waals surface area contributed by atoms with Gasteiger partial charge in [0, 0.05) is 32.3 Å². The fraction of sp³-hybridized carbons (Fsp3) is 0.786. The molecule has 19 heavy (non-hydrogen) atoms. The summed E-state index contributed by atoms with van der Waals surface area (Å²) in [6.45, 7) is 7.59. The van der Waals surface area contributed by atoms with Crippen molar-refractivity contribution in [2.24, 2.45) is 11.7 Å². The second-order valence-electron chi connectivity index (χ2n) is 4.61. The van der Waals surface area contributed by atoms with Crippen LogP contribution < -0.4 is 5.73 Å². The average molecular weight is 270 g/mol. The van der Waals surface area contributed by atoms with E-state index in [1.54, 1.807) is 0 Å². The topological polar surface area (TPSA) is 64.8 Å². The van der Waals surface area contributed by atoms with E-state index in [9.17, 15) is 4.79 Å². The summed E-state index contributed by atoms with van der Waals surface area (Å²) in [7, 11) is 0. The number of nitrogens with two attached hydrogens (primary N) is 1. The van der Waals surface area contributed by atoms with Crippen LogP contribution in [-0.2, 0) is 14.3 Å². The fourth-order valence-corrected chi connectivity index (χ4v) is 2.12. The van der Waals surface area contributed by atoms with Crippen LogP contribution in [0.1, 0.15) is 20.3 Å². The Labute approximate surface area is 115 Å². The molecule has 1 aliphatic carbocycles. The average Bonchev–Trinajstić information content (AvgIpc) is 2.83. The molecule has 0 aromatic rings. The molecule has 110 valence electrons. The van der Waals surface area contributed by atoms with Crippen LogP contribution in [0.2, 0.25) is 0 Å². The monoisotopic (exact) mass is 270 g/mol. The van der Waals surface area contributed by atoms with Crippen molar-refractivity contribution in [3.05, 3.63) is 12.2 Å². The third-order valence-corrected chi connectivity index (χ3v) is 3.16. The minimum Gasteiger partial charge on any atom is -0.380 e. The van der Waals surface area contributed by atoms with Gasteiger partial charge in [0.2, 0.25) is 5.91 Å². The first kappa shape index (κ1) is 16.1. The van der Waals surface area contributed by atoms with Gasteiger partial charge in [0.15, 0.2) is 0 Å². The van der Waals surface area contributed by atoms with E-state index in [0.29, 0.717) is 45.9 Å². The summed E-state index contributed by atoms with van der Waals surface area (Å²) >= 11 is 0. The molecule has 1 rings (SSSR count). The first-order chi connectivity index (χ1) is 9.19. The van der Waals surface area contributed by atoms with Crippen molar-refractivity contribution in [1.29, 1.82) is 0 Å². The van der Waals surface area contributed by atoms with E-state index in [-0.39, 0.29) is 17.9 Å². The highest BCUT2D eigenvalue weighted by atomic mass is 16.5. The number of nitrogens with zero attached hydrogens (tertiary/aromatic N) is 1. The molecule has 0 bridgehead atoms. The molecule has 2 N–H and O–H groups in total. The number of carbonyl (C=O) groups is 1. The van der Waals surface area contributed by atoms with Crippen molar-refractivity contribution in [2.45, 2.75) is 26.3 Å². The maximum atomic E-state index is 12.4. The molecule has 5 nitrogen and oxygen atoms in total. The molecule has 0 fully saturated rings. The minimum absolute atomic E-state index is 0.00887. The highest BCUT2D eigenvalue weighted by Gasteiger charge is 2.26. The predicted molar refractivity (Wildman–Crippen MR) is 74.8 cm³/mol. The Morgan fingerprint density at radius 3 is 2.21 bits per heavy atom. The summed E-state index contributed by atoms with van der Waals surface area (Å²) in [4.78, 5) is 14.2. The SMILES string of the molecule is CCOCCN(CCOCC)C(=O)C1C=CC(N)C1. The van der Waals surface area contributed by atoms with Gasteiger partial charge in [0.05, 0.1) is 19.1 Å². The second-order valence-corrected chi connectivity index (χ2v) is 4.61. The van der Waals surface area contributed by atoms with Gasteiger partial charge in [-0.3, -0.25) is 4.79 Å². The van der Waals surface area contributed by atoms with E-state index in [1.807, 2.05) is 30.9 Å². The van der Waals surface area contributed by atoms with Crippen molar-refractivity contribution in [3.63, 3.8) is 0 Å². The van der Waals surface area contributed by atoms with Gasteiger partial charge < -0.3 is 20.1 Å². The van der Waals surface area contributed by atoms with E-state index in [0.717, 1.165) is 0 Å². The molecule has 0 aliphatic heterocycles. The normalized spacial score (nSPS) is 21.8. The molecular formula is C14H26N2O3. The van der Waals surface area contributed by atoms with Crippen LogP contribution in [0.25, 0.3) is 0 Å². The molecule has 5 heteroatoms. The van der Waals surface area contributed by atoms with E-state index in [2.05, 4.69) is 0 Å². The molecule has 0 spiro atoms. The lowest BCUT2D eigenvalue weighted by Crippen LogP contribution is -2.40. The summed E-state index contributed by atoms with van der Waals surface area (Å²) in [6, 6.07) is 0.00887. The van der Waals surface area contributed by atoms with Crippen LogP contribution in [0.5, 0.6) is 0 Å². The first-order valence-corrected chi connectivity index (χ1v) is 7.07. The Morgan fingerprint density at radius 2 is 1.79 bits per heavy atom. The Hall–Kier alpha value is -0.910. The van der Waals surface area contributed by atoms with Crippen LogP contribution >= 0.6 is 0 Å². The standard InChI is InChI=1S/C14H26N2O3/c1-3-18-9-7-16(8-10-19-4-2)14(17)12-5-6-13(15)11-12/h5-6,12-13H,3-4,7-11,15H2,1-2H3. The number of amides is 1. The number of hydrogen-bond donors (Lipinski definition) is 1. The molecular weight excluding hydrogens is 244 g/mol. The number of ether oxygens (including phenoxy) is 2. The number of rotatable bonds is 9. The zero-order valence-corrected chi connectivity index (χ0v) is 12.0. The quantitative estimate of drug-likeness (QED) is 0.497. The van der Waals surface area contributed by atoms with Crippen molar-refractivity contribution >= 4 is 5.91 Å². The lowest BCUT2D eigenvalue weighted by atomic mass is 10.1. The van der Waals surface area contributed by atoms with Gasteiger partial charge in [0.25, 0.3) is 0 Å². The van der Waals surface area contributed by atoms with E-state index < -0.39 is 0 Å². The first-order valence-electron chi connectivity index (χ1n) is 7.07. The van der Waals surface area contributed by atoms with Crippen LogP contribution in [0.3, 0.4) is 0 Å². The predicted octanol–water partition coefficient (Wildman–Crippen LogP) is 0.791. The molecule has 2 atom stereocenters. The van der Waals surface area contributed by atoms with E-state index in [1.165, 1.54) is 0 Å². The molecule has 1 amide bonds. The third kappa shape index (κ3) is 5.72. The van der Waals surface area contributed by atoms with Gasteiger partial charge >= 0.3 is 0 Å². The summed E-state index contributed by atoms with van der Waals surface area (Å²) in [5, 5.41) is 0. The van der Waals surface area contributed by atoms with Crippen molar-refractivity contribution in [1.82, 2.24) is 4.90 Å². The molecule has 0 saturated heterocycles.